The maximum absolute atomic E-state index is 4.04. The lowest BCUT2D eigenvalue weighted by Crippen LogP contribution is -2.30. The van der Waals surface area contributed by atoms with Gasteiger partial charge in [-0.05, 0) is 87.0 Å². The van der Waals surface area contributed by atoms with Gasteiger partial charge in [0.1, 0.15) is 0 Å². The largest absolute Gasteiger partial charge is 0.341 e. The summed E-state index contributed by atoms with van der Waals surface area (Å²) in [5.74, 6) is 0. The Morgan fingerprint density at radius 1 is 0.744 bits per heavy atom. The second-order valence-corrected chi connectivity index (χ2v) is 10.7. The number of fused-ring (bicyclic) bond motifs is 4. The third-order valence-electron chi connectivity index (χ3n) is 7.93. The molecule has 0 saturated carbocycles. The van der Waals surface area contributed by atoms with Gasteiger partial charge in [-0.1, -0.05) is 91.0 Å². The van der Waals surface area contributed by atoms with Gasteiger partial charge in [-0.3, -0.25) is 0 Å². The number of rotatable bonds is 4. The molecule has 0 N–H and O–H groups in total. The quantitative estimate of drug-likeness (QED) is 0.217. The fourth-order valence-corrected chi connectivity index (χ4v) is 5.97. The van der Waals surface area contributed by atoms with Crippen molar-refractivity contribution in [3.8, 4) is 0 Å². The van der Waals surface area contributed by atoms with Gasteiger partial charge in [0, 0.05) is 29.2 Å². The van der Waals surface area contributed by atoms with E-state index in [-0.39, 0.29) is 0 Å². The highest BCUT2D eigenvalue weighted by Crippen LogP contribution is 2.43. The van der Waals surface area contributed by atoms with Crippen LogP contribution >= 0.6 is 0 Å². The number of hydrogen-bond acceptors (Lipinski definition) is 2. The summed E-state index contributed by atoms with van der Waals surface area (Å²) in [7, 11) is 2.10. The number of aryl methyl sites for hydroxylation is 1. The summed E-state index contributed by atoms with van der Waals surface area (Å²) in [6.45, 7) is 8.23. The number of anilines is 3. The van der Waals surface area contributed by atoms with Crippen molar-refractivity contribution in [2.75, 3.05) is 16.8 Å². The van der Waals surface area contributed by atoms with Crippen LogP contribution in [-0.4, -0.2) is 11.6 Å². The third kappa shape index (κ3) is 5.26. The lowest BCUT2D eigenvalue weighted by atomic mass is 10.1. The SMILES string of the molecule is C=CC1=C(/C=C\C)N(C)c2ccccc2N1c1ccccc1.Cc1ccc2c(c1)c1ccccc1n2C1=CC=CCC=C1. The van der Waals surface area contributed by atoms with E-state index < -0.39 is 0 Å². The van der Waals surface area contributed by atoms with Crippen molar-refractivity contribution in [2.45, 2.75) is 20.3 Å². The van der Waals surface area contributed by atoms with Crippen molar-refractivity contribution in [2.24, 2.45) is 0 Å². The first-order valence-electron chi connectivity index (χ1n) is 14.8. The van der Waals surface area contributed by atoms with Crippen LogP contribution in [0.4, 0.5) is 17.1 Å². The molecule has 3 nitrogen and oxygen atoms in total. The fourth-order valence-electron chi connectivity index (χ4n) is 5.97. The molecule has 1 aliphatic carbocycles. The average Bonchev–Trinajstić information content (AvgIpc) is 3.17. The van der Waals surface area contributed by atoms with Crippen LogP contribution in [0.5, 0.6) is 0 Å². The van der Waals surface area contributed by atoms with Crippen molar-refractivity contribution < 1.29 is 0 Å². The second-order valence-electron chi connectivity index (χ2n) is 10.7. The van der Waals surface area contributed by atoms with Gasteiger partial charge in [0.2, 0.25) is 0 Å². The molecule has 0 amide bonds. The third-order valence-corrected chi connectivity index (χ3v) is 7.93. The Morgan fingerprint density at radius 2 is 1.47 bits per heavy atom. The van der Waals surface area contributed by atoms with E-state index in [9.17, 15) is 0 Å². The number of allylic oxidation sites excluding steroid dienone is 9. The summed E-state index contributed by atoms with van der Waals surface area (Å²) in [5, 5.41) is 2.65. The predicted molar refractivity (Wildman–Crippen MR) is 187 cm³/mol. The van der Waals surface area contributed by atoms with Crippen LogP contribution in [0, 0.1) is 6.92 Å². The van der Waals surface area contributed by atoms with Crippen LogP contribution in [0.15, 0.2) is 164 Å². The highest BCUT2D eigenvalue weighted by atomic mass is 15.3. The molecule has 0 saturated heterocycles. The summed E-state index contributed by atoms with van der Waals surface area (Å²) in [4.78, 5) is 4.48. The Labute approximate surface area is 255 Å². The molecule has 1 aliphatic heterocycles. The summed E-state index contributed by atoms with van der Waals surface area (Å²) < 4.78 is 2.36. The zero-order valence-electron chi connectivity index (χ0n) is 25.1. The monoisotopic (exact) mass is 559 g/mol. The maximum atomic E-state index is 4.04. The van der Waals surface area contributed by atoms with Crippen LogP contribution in [0.25, 0.3) is 27.5 Å². The number of benzene rings is 4. The number of aromatic nitrogens is 1. The Bertz CT molecular complexity index is 1950. The fraction of sp³-hybridized carbons (Fsp3) is 0.100. The van der Waals surface area contributed by atoms with E-state index >= 15 is 0 Å². The first kappa shape index (κ1) is 27.9. The van der Waals surface area contributed by atoms with Gasteiger partial charge in [0.25, 0.3) is 0 Å². The molecule has 4 aromatic carbocycles. The first-order chi connectivity index (χ1) is 21.1. The number of nitrogens with zero attached hydrogens (tertiary/aromatic N) is 3. The molecule has 43 heavy (non-hydrogen) atoms. The van der Waals surface area contributed by atoms with Crippen molar-refractivity contribution in [1.82, 2.24) is 4.57 Å². The van der Waals surface area contributed by atoms with E-state index in [0.29, 0.717) is 0 Å². The number of hydrogen-bond donors (Lipinski definition) is 0. The highest BCUT2D eigenvalue weighted by molar-refractivity contribution is 6.10. The van der Waals surface area contributed by atoms with Crippen molar-refractivity contribution in [3.63, 3.8) is 0 Å². The van der Waals surface area contributed by atoms with Crippen LogP contribution in [0.3, 0.4) is 0 Å². The Kier molecular flexibility index (Phi) is 7.97. The van der Waals surface area contributed by atoms with E-state index in [1.165, 1.54) is 44.4 Å². The molecule has 0 bridgehead atoms. The average molecular weight is 560 g/mol. The number of para-hydroxylation sites is 4. The molecular formula is C40H37N3. The van der Waals surface area contributed by atoms with Gasteiger partial charge < -0.3 is 14.4 Å². The lowest BCUT2D eigenvalue weighted by Gasteiger charge is -2.38. The topological polar surface area (TPSA) is 11.4 Å². The molecule has 3 heteroatoms. The van der Waals surface area contributed by atoms with E-state index in [1.807, 2.05) is 19.1 Å². The molecule has 2 aliphatic rings. The summed E-state index contributed by atoms with van der Waals surface area (Å²) in [5.41, 5.74) is 10.8. The zero-order chi connectivity index (χ0) is 29.8. The van der Waals surface area contributed by atoms with Gasteiger partial charge >= 0.3 is 0 Å². The predicted octanol–water partition coefficient (Wildman–Crippen LogP) is 10.7. The van der Waals surface area contributed by atoms with Gasteiger partial charge in [-0.15, -0.1) is 0 Å². The van der Waals surface area contributed by atoms with Crippen molar-refractivity contribution in [1.29, 1.82) is 0 Å². The van der Waals surface area contributed by atoms with E-state index in [4.69, 9.17) is 0 Å². The van der Waals surface area contributed by atoms with E-state index in [0.717, 1.165) is 23.5 Å². The van der Waals surface area contributed by atoms with Crippen LogP contribution < -0.4 is 9.80 Å². The van der Waals surface area contributed by atoms with Gasteiger partial charge in [0.15, 0.2) is 0 Å². The minimum atomic E-state index is 0.996. The molecule has 0 spiro atoms. The smallest absolute Gasteiger partial charge is 0.0699 e. The first-order valence-corrected chi connectivity index (χ1v) is 14.8. The second kappa shape index (κ2) is 12.3. The molecular weight excluding hydrogens is 522 g/mol. The van der Waals surface area contributed by atoms with Crippen LogP contribution in [0.2, 0.25) is 0 Å². The zero-order valence-corrected chi connectivity index (χ0v) is 25.1. The van der Waals surface area contributed by atoms with Gasteiger partial charge in [-0.2, -0.15) is 0 Å². The Hall–Kier alpha value is -5.28. The summed E-state index contributed by atoms with van der Waals surface area (Å²) in [6, 6.07) is 34.2. The molecule has 0 unspecified atom stereocenters. The molecule has 212 valence electrons. The lowest BCUT2D eigenvalue weighted by molar-refractivity contribution is 1.03. The van der Waals surface area contributed by atoms with E-state index in [1.54, 1.807) is 0 Å². The molecule has 2 heterocycles. The molecule has 0 atom stereocenters. The minimum absolute atomic E-state index is 0.996. The van der Waals surface area contributed by atoms with Crippen LogP contribution in [-0.2, 0) is 0 Å². The molecule has 0 radical (unpaired) electrons. The Morgan fingerprint density at radius 3 is 2.26 bits per heavy atom. The highest BCUT2D eigenvalue weighted by Gasteiger charge is 2.26. The molecule has 1 aromatic heterocycles. The maximum Gasteiger partial charge on any atom is 0.0699 e. The van der Waals surface area contributed by atoms with Gasteiger partial charge in [-0.25, -0.2) is 0 Å². The van der Waals surface area contributed by atoms with Gasteiger partial charge in [0.05, 0.1) is 33.8 Å². The molecule has 5 aromatic rings. The Balaban J connectivity index is 0.000000153. The number of likely N-dealkylation sites (N-methyl/N-ethyl adjacent to an activating group) is 1. The molecule has 7 rings (SSSR count). The minimum Gasteiger partial charge on any atom is -0.341 e. The summed E-state index contributed by atoms with van der Waals surface area (Å²) in [6.07, 6.45) is 18.1. The van der Waals surface area contributed by atoms with Crippen molar-refractivity contribution >= 4 is 44.6 Å². The molecule has 0 fully saturated rings. The summed E-state index contributed by atoms with van der Waals surface area (Å²) >= 11 is 0. The van der Waals surface area contributed by atoms with E-state index in [2.05, 4.69) is 168 Å². The van der Waals surface area contributed by atoms with Crippen LogP contribution in [0.1, 0.15) is 18.9 Å². The standard InChI is InChI=1S/C20H20N2.C20H17N/c1-4-11-18-17(5-2)22(16-12-7-6-8-13-16)20-15-10-9-14-19(20)21(18)3;1-15-12-13-20-18(14-15)17-10-6-7-11-19(17)21(20)16-8-4-2-3-5-9-16/h4-15H,2H2,1,3H3;2,4-14H,3H2,1H3/b11-4-;. The normalized spacial score (nSPS) is 14.5. The van der Waals surface area contributed by atoms with Crippen molar-refractivity contribution in [3.05, 3.63) is 169 Å².